The molecule has 0 radical (unpaired) electrons. The number of hydrogen-bond donors (Lipinski definition) is 0. The van der Waals surface area contributed by atoms with Crippen LogP contribution in [-0.4, -0.2) is 39.2 Å². The Kier molecular flexibility index (Phi) is 3.10. The average Bonchev–Trinajstić information content (AvgIpc) is 3.33. The maximum absolute atomic E-state index is 12.6. The van der Waals surface area contributed by atoms with Gasteiger partial charge in [-0.3, -0.25) is 4.79 Å². The lowest BCUT2D eigenvalue weighted by Crippen LogP contribution is -2.38. The first-order valence-corrected chi connectivity index (χ1v) is 7.61. The molecule has 1 aliphatic heterocycles. The maximum atomic E-state index is 12.6. The van der Waals surface area contributed by atoms with Crippen LogP contribution < -0.4 is 4.74 Å². The highest BCUT2D eigenvalue weighted by atomic mass is 16.5. The highest BCUT2D eigenvalue weighted by molar-refractivity contribution is 5.94. The predicted molar refractivity (Wildman–Crippen MR) is 79.7 cm³/mol. The van der Waals surface area contributed by atoms with Gasteiger partial charge in [0.1, 0.15) is 11.6 Å². The number of carbonyl (C=O) groups is 1. The Morgan fingerprint density at radius 2 is 2.14 bits per heavy atom. The minimum atomic E-state index is 0.0149. The molecule has 2 aliphatic rings. The largest absolute Gasteiger partial charge is 0.497 e. The quantitative estimate of drug-likeness (QED) is 0.867. The van der Waals surface area contributed by atoms with Crippen molar-refractivity contribution < 1.29 is 9.53 Å². The number of benzene rings is 1. The van der Waals surface area contributed by atoms with Crippen LogP contribution in [0.1, 0.15) is 40.8 Å². The molecule has 1 aromatic carbocycles. The number of rotatable bonds is 3. The molecule has 114 valence electrons. The second kappa shape index (κ2) is 5.12. The van der Waals surface area contributed by atoms with Crippen LogP contribution in [0.5, 0.6) is 5.75 Å². The van der Waals surface area contributed by atoms with E-state index in [9.17, 15) is 4.79 Å². The maximum Gasteiger partial charge on any atom is 0.254 e. The molecular formula is C16H18N4O2. The van der Waals surface area contributed by atoms with Gasteiger partial charge in [-0.15, -0.1) is 10.2 Å². The molecule has 0 atom stereocenters. The Hall–Kier alpha value is -2.37. The van der Waals surface area contributed by atoms with Gasteiger partial charge in [0.25, 0.3) is 5.91 Å². The molecule has 0 bridgehead atoms. The van der Waals surface area contributed by atoms with Crippen molar-refractivity contribution in [2.24, 2.45) is 0 Å². The van der Waals surface area contributed by atoms with Gasteiger partial charge < -0.3 is 14.2 Å². The highest BCUT2D eigenvalue weighted by Gasteiger charge is 2.33. The summed E-state index contributed by atoms with van der Waals surface area (Å²) in [4.78, 5) is 14.5. The summed E-state index contributed by atoms with van der Waals surface area (Å²) in [6.45, 7) is 2.00. The third kappa shape index (κ3) is 2.24. The minimum Gasteiger partial charge on any atom is -0.497 e. The van der Waals surface area contributed by atoms with Gasteiger partial charge in [-0.25, -0.2) is 0 Å². The Morgan fingerprint density at radius 1 is 1.27 bits per heavy atom. The second-order valence-electron chi connectivity index (χ2n) is 5.86. The summed E-state index contributed by atoms with van der Waals surface area (Å²) in [7, 11) is 1.60. The van der Waals surface area contributed by atoms with Crippen molar-refractivity contribution in [1.29, 1.82) is 0 Å². The fraction of sp³-hybridized carbons (Fsp3) is 0.438. The third-order valence-electron chi connectivity index (χ3n) is 4.33. The van der Waals surface area contributed by atoms with E-state index in [1.165, 1.54) is 12.8 Å². The summed E-state index contributed by atoms with van der Waals surface area (Å²) in [6, 6.07) is 7.27. The fourth-order valence-electron chi connectivity index (χ4n) is 2.94. The zero-order valence-corrected chi connectivity index (χ0v) is 12.5. The molecule has 1 saturated carbocycles. The molecule has 6 nitrogen and oxygen atoms in total. The topological polar surface area (TPSA) is 60.2 Å². The zero-order chi connectivity index (χ0) is 15.1. The van der Waals surface area contributed by atoms with Gasteiger partial charge in [-0.2, -0.15) is 0 Å². The van der Waals surface area contributed by atoms with Crippen molar-refractivity contribution >= 4 is 5.91 Å². The normalized spacial score (nSPS) is 17.2. The zero-order valence-electron chi connectivity index (χ0n) is 12.5. The van der Waals surface area contributed by atoms with Gasteiger partial charge in [-0.1, -0.05) is 6.07 Å². The number of nitrogens with zero attached hydrogens (tertiary/aromatic N) is 4. The Balaban J connectivity index is 1.55. The molecule has 0 spiro atoms. The minimum absolute atomic E-state index is 0.0149. The van der Waals surface area contributed by atoms with Crippen molar-refractivity contribution in [1.82, 2.24) is 19.7 Å². The second-order valence-corrected chi connectivity index (χ2v) is 5.86. The lowest BCUT2D eigenvalue weighted by atomic mass is 10.1. The SMILES string of the molecule is COc1cccc(C(=O)N2CCn3c(nnc3C3CC3)C2)c1. The van der Waals surface area contributed by atoms with Crippen LogP contribution in [0.2, 0.25) is 0 Å². The van der Waals surface area contributed by atoms with E-state index in [4.69, 9.17) is 4.74 Å². The standard InChI is InChI=1S/C16H18N4O2/c1-22-13-4-2-3-12(9-13)16(21)19-7-8-20-14(10-19)17-18-15(20)11-5-6-11/h2-4,9,11H,5-8,10H2,1H3. The van der Waals surface area contributed by atoms with Crippen molar-refractivity contribution in [3.63, 3.8) is 0 Å². The fourth-order valence-corrected chi connectivity index (χ4v) is 2.94. The number of hydrogen-bond acceptors (Lipinski definition) is 4. The van der Waals surface area contributed by atoms with Crippen LogP contribution >= 0.6 is 0 Å². The van der Waals surface area contributed by atoms with Crippen molar-refractivity contribution in [3.05, 3.63) is 41.5 Å². The van der Waals surface area contributed by atoms with Crippen LogP contribution in [-0.2, 0) is 13.1 Å². The summed E-state index contributed by atoms with van der Waals surface area (Å²) < 4.78 is 7.38. The highest BCUT2D eigenvalue weighted by Crippen LogP contribution is 2.39. The molecule has 22 heavy (non-hydrogen) atoms. The van der Waals surface area contributed by atoms with E-state index in [-0.39, 0.29) is 5.91 Å². The summed E-state index contributed by atoms with van der Waals surface area (Å²) >= 11 is 0. The molecule has 6 heteroatoms. The molecule has 0 N–H and O–H groups in total. The Bertz CT molecular complexity index is 721. The molecule has 1 fully saturated rings. The number of methoxy groups -OCH3 is 1. The van der Waals surface area contributed by atoms with Gasteiger partial charge in [0, 0.05) is 24.6 Å². The van der Waals surface area contributed by atoms with Gasteiger partial charge in [0.05, 0.1) is 13.7 Å². The van der Waals surface area contributed by atoms with Crippen molar-refractivity contribution in [3.8, 4) is 5.75 Å². The van der Waals surface area contributed by atoms with E-state index in [0.717, 1.165) is 18.2 Å². The van der Waals surface area contributed by atoms with E-state index in [0.29, 0.717) is 30.3 Å². The number of amides is 1. The lowest BCUT2D eigenvalue weighted by Gasteiger charge is -2.28. The molecule has 2 heterocycles. The Morgan fingerprint density at radius 3 is 2.91 bits per heavy atom. The van der Waals surface area contributed by atoms with Crippen LogP contribution in [0.3, 0.4) is 0 Å². The van der Waals surface area contributed by atoms with E-state index in [2.05, 4.69) is 14.8 Å². The summed E-state index contributed by atoms with van der Waals surface area (Å²) in [5.41, 5.74) is 0.648. The van der Waals surface area contributed by atoms with Gasteiger partial charge >= 0.3 is 0 Å². The predicted octanol–water partition coefficient (Wildman–Crippen LogP) is 1.82. The average molecular weight is 298 g/mol. The number of ether oxygens (including phenoxy) is 1. The molecule has 4 rings (SSSR count). The summed E-state index contributed by atoms with van der Waals surface area (Å²) in [5.74, 6) is 3.29. The molecule has 0 unspecified atom stereocenters. The van der Waals surface area contributed by atoms with Crippen molar-refractivity contribution in [2.45, 2.75) is 31.8 Å². The Labute approximate surface area is 128 Å². The molecule has 0 saturated heterocycles. The van der Waals surface area contributed by atoms with E-state index in [1.807, 2.05) is 23.1 Å². The van der Waals surface area contributed by atoms with Gasteiger partial charge in [0.15, 0.2) is 5.82 Å². The van der Waals surface area contributed by atoms with E-state index >= 15 is 0 Å². The first kappa shape index (κ1) is 13.3. The first-order valence-electron chi connectivity index (χ1n) is 7.61. The van der Waals surface area contributed by atoms with Crippen LogP contribution in [0, 0.1) is 0 Å². The van der Waals surface area contributed by atoms with Crippen LogP contribution in [0.25, 0.3) is 0 Å². The summed E-state index contributed by atoms with van der Waals surface area (Å²) in [6.07, 6.45) is 2.43. The van der Waals surface area contributed by atoms with E-state index in [1.54, 1.807) is 13.2 Å². The lowest BCUT2D eigenvalue weighted by molar-refractivity contribution is 0.0706. The van der Waals surface area contributed by atoms with Crippen LogP contribution in [0.4, 0.5) is 0 Å². The smallest absolute Gasteiger partial charge is 0.254 e. The number of carbonyl (C=O) groups excluding carboxylic acids is 1. The van der Waals surface area contributed by atoms with E-state index < -0.39 is 0 Å². The molecule has 1 aliphatic carbocycles. The molecular weight excluding hydrogens is 280 g/mol. The molecule has 2 aromatic rings. The van der Waals surface area contributed by atoms with Gasteiger partial charge in [0.2, 0.25) is 0 Å². The number of aromatic nitrogens is 3. The first-order chi connectivity index (χ1) is 10.8. The third-order valence-corrected chi connectivity index (χ3v) is 4.33. The van der Waals surface area contributed by atoms with Crippen molar-refractivity contribution in [2.75, 3.05) is 13.7 Å². The van der Waals surface area contributed by atoms with Gasteiger partial charge in [-0.05, 0) is 31.0 Å². The molecule has 1 aromatic heterocycles. The monoisotopic (exact) mass is 298 g/mol. The number of fused-ring (bicyclic) bond motifs is 1. The van der Waals surface area contributed by atoms with Crippen LogP contribution in [0.15, 0.2) is 24.3 Å². The summed E-state index contributed by atoms with van der Waals surface area (Å²) in [5, 5.41) is 8.58. The molecule has 1 amide bonds.